The summed E-state index contributed by atoms with van der Waals surface area (Å²) in [5.74, 6) is 3.64. The van der Waals surface area contributed by atoms with Gasteiger partial charge >= 0.3 is 6.18 Å². The van der Waals surface area contributed by atoms with Crippen molar-refractivity contribution >= 4 is 23.8 Å². The van der Waals surface area contributed by atoms with Gasteiger partial charge in [-0.25, -0.2) is 9.97 Å². The van der Waals surface area contributed by atoms with Crippen LogP contribution in [0.2, 0.25) is 5.28 Å². The molecule has 0 bridgehead atoms. The Morgan fingerprint density at radius 3 is 2.65 bits per heavy atom. The van der Waals surface area contributed by atoms with Gasteiger partial charge in [0.2, 0.25) is 11.7 Å². The molecule has 2 aliphatic heterocycles. The first-order chi connectivity index (χ1) is 16.2. The Morgan fingerprint density at radius 1 is 1.21 bits per heavy atom. The molecule has 10 heteroatoms. The van der Waals surface area contributed by atoms with Crippen molar-refractivity contribution in [3.63, 3.8) is 0 Å². The standard InChI is InChI=1S/C22H22ClN5O.C2H3F3/c1-2-16-11-26(14-29)9-10-28(16)21-18-12-27(13-19(18)24-22(23)25-21)20-8-7-15-5-3-4-6-17(15)20;1-2(3,4)5/h1,3-6,14,16,20H,7-13H2;1H3/t16-,20?;/m0./s1. The van der Waals surface area contributed by atoms with Crippen LogP contribution in [0.25, 0.3) is 0 Å². The minimum absolute atomic E-state index is 0.188. The first-order valence-corrected chi connectivity index (χ1v) is 11.4. The molecular weight excluding hydrogens is 467 g/mol. The van der Waals surface area contributed by atoms with Crippen molar-refractivity contribution in [1.29, 1.82) is 0 Å². The van der Waals surface area contributed by atoms with Gasteiger partial charge in [-0.15, -0.1) is 6.42 Å². The van der Waals surface area contributed by atoms with Gasteiger partial charge in [-0.1, -0.05) is 30.2 Å². The highest BCUT2D eigenvalue weighted by Gasteiger charge is 2.36. The van der Waals surface area contributed by atoms with Crippen molar-refractivity contribution in [3.8, 4) is 12.3 Å². The zero-order chi connectivity index (χ0) is 24.5. The van der Waals surface area contributed by atoms with Crippen molar-refractivity contribution in [2.45, 2.75) is 51.1 Å². The highest BCUT2D eigenvalue weighted by Crippen LogP contribution is 2.41. The summed E-state index contributed by atoms with van der Waals surface area (Å²) in [6.07, 6.45) is 4.88. The number of carbonyl (C=O) groups is 1. The number of nitrogens with zero attached hydrogens (tertiary/aromatic N) is 5. The smallest absolute Gasteiger partial charge is 0.340 e. The molecule has 1 amide bonds. The summed E-state index contributed by atoms with van der Waals surface area (Å²) in [5, 5.41) is 0.251. The fraction of sp³-hybridized carbons (Fsp3) is 0.458. The second-order valence-corrected chi connectivity index (χ2v) is 9.00. The maximum Gasteiger partial charge on any atom is 0.386 e. The van der Waals surface area contributed by atoms with E-state index in [0.717, 1.165) is 49.4 Å². The third kappa shape index (κ3) is 5.29. The van der Waals surface area contributed by atoms with Gasteiger partial charge in [-0.05, 0) is 35.6 Å². The molecule has 5 rings (SSSR count). The van der Waals surface area contributed by atoms with E-state index < -0.39 is 6.18 Å². The molecule has 1 unspecified atom stereocenters. The van der Waals surface area contributed by atoms with Gasteiger partial charge < -0.3 is 9.80 Å². The summed E-state index contributed by atoms with van der Waals surface area (Å²) < 4.78 is 31.1. The molecule has 0 radical (unpaired) electrons. The van der Waals surface area contributed by atoms with Crippen LogP contribution in [0, 0.1) is 12.3 Å². The number of halogens is 4. The lowest BCUT2D eigenvalue weighted by molar-refractivity contribution is -0.118. The molecule has 2 aromatic rings. The third-order valence-corrected chi connectivity index (χ3v) is 6.49. The Hall–Kier alpha value is -2.83. The number of rotatable bonds is 3. The number of terminal acetylenes is 1. The molecule has 1 saturated heterocycles. The number of hydrogen-bond donors (Lipinski definition) is 0. The monoisotopic (exact) mass is 491 g/mol. The van der Waals surface area contributed by atoms with E-state index in [1.807, 2.05) is 0 Å². The molecule has 1 aliphatic carbocycles. The summed E-state index contributed by atoms with van der Waals surface area (Å²) in [5.41, 5.74) is 4.95. The fourth-order valence-corrected chi connectivity index (χ4v) is 5.08. The molecule has 3 aliphatic rings. The minimum atomic E-state index is -4.00. The molecule has 2 atom stereocenters. The number of amides is 1. The number of hydrogen-bond acceptors (Lipinski definition) is 5. The van der Waals surface area contributed by atoms with Crippen molar-refractivity contribution in [2.75, 3.05) is 24.5 Å². The van der Waals surface area contributed by atoms with Crippen molar-refractivity contribution < 1.29 is 18.0 Å². The van der Waals surface area contributed by atoms with Crippen LogP contribution in [0.4, 0.5) is 19.0 Å². The molecule has 34 heavy (non-hydrogen) atoms. The molecule has 180 valence electrons. The number of aryl methyl sites for hydroxylation is 1. The summed E-state index contributed by atoms with van der Waals surface area (Å²) in [4.78, 5) is 26.6. The van der Waals surface area contributed by atoms with Crippen molar-refractivity contribution in [2.24, 2.45) is 0 Å². The highest BCUT2D eigenvalue weighted by atomic mass is 35.5. The first kappa shape index (κ1) is 24.3. The summed E-state index contributed by atoms with van der Waals surface area (Å²) >= 11 is 6.30. The van der Waals surface area contributed by atoms with E-state index in [1.54, 1.807) is 4.90 Å². The predicted molar refractivity (Wildman–Crippen MR) is 123 cm³/mol. The first-order valence-electron chi connectivity index (χ1n) is 11.0. The van der Waals surface area contributed by atoms with E-state index in [2.05, 4.69) is 50.0 Å². The number of aromatic nitrogens is 2. The van der Waals surface area contributed by atoms with E-state index in [1.165, 1.54) is 11.1 Å². The summed E-state index contributed by atoms with van der Waals surface area (Å²) in [7, 11) is 0. The molecule has 3 heterocycles. The Balaban J connectivity index is 0.000000499. The number of piperazine rings is 1. The van der Waals surface area contributed by atoms with E-state index in [0.29, 0.717) is 25.7 Å². The molecule has 1 aromatic heterocycles. The van der Waals surface area contributed by atoms with Gasteiger partial charge in [-0.3, -0.25) is 9.69 Å². The van der Waals surface area contributed by atoms with Gasteiger partial charge in [0.05, 0.1) is 12.2 Å². The molecule has 0 spiro atoms. The summed E-state index contributed by atoms with van der Waals surface area (Å²) in [6.45, 7) is 3.49. The van der Waals surface area contributed by atoms with Gasteiger partial charge in [0, 0.05) is 44.7 Å². The topological polar surface area (TPSA) is 52.6 Å². The number of carbonyl (C=O) groups excluding carboxylic acids is 1. The number of alkyl halides is 3. The second kappa shape index (κ2) is 9.80. The van der Waals surface area contributed by atoms with Crippen LogP contribution in [0.3, 0.4) is 0 Å². The average Bonchev–Trinajstić information content (AvgIpc) is 3.40. The van der Waals surface area contributed by atoms with Crippen molar-refractivity contribution in [3.05, 3.63) is 51.9 Å². The Bertz CT molecular complexity index is 1100. The molecule has 0 N–H and O–H groups in total. The van der Waals surface area contributed by atoms with Crippen molar-refractivity contribution in [1.82, 2.24) is 19.8 Å². The molecular formula is C24H25ClF3N5O. The lowest BCUT2D eigenvalue weighted by Crippen LogP contribution is -2.52. The van der Waals surface area contributed by atoms with Gasteiger partial charge in [0.1, 0.15) is 11.9 Å². The predicted octanol–water partition coefficient (Wildman–Crippen LogP) is 3.98. The van der Waals surface area contributed by atoms with Gasteiger partial charge in [-0.2, -0.15) is 13.2 Å². The van der Waals surface area contributed by atoms with Crippen LogP contribution in [-0.4, -0.2) is 58.0 Å². The maximum atomic E-state index is 11.2. The average molecular weight is 492 g/mol. The Morgan fingerprint density at radius 2 is 1.94 bits per heavy atom. The van der Waals surface area contributed by atoms with Crippen LogP contribution < -0.4 is 4.90 Å². The number of anilines is 1. The highest BCUT2D eigenvalue weighted by molar-refractivity contribution is 6.28. The quantitative estimate of drug-likeness (QED) is 0.369. The van der Waals surface area contributed by atoms with Crippen LogP contribution in [0.5, 0.6) is 0 Å². The van der Waals surface area contributed by atoms with E-state index >= 15 is 0 Å². The molecule has 1 aromatic carbocycles. The molecule has 1 fully saturated rings. The Kier molecular flexibility index (Phi) is 7.01. The van der Waals surface area contributed by atoms with E-state index in [9.17, 15) is 18.0 Å². The van der Waals surface area contributed by atoms with Crippen LogP contribution in [0.15, 0.2) is 24.3 Å². The number of fused-ring (bicyclic) bond motifs is 2. The van der Waals surface area contributed by atoms with Crippen LogP contribution >= 0.6 is 11.6 Å². The fourth-order valence-electron chi connectivity index (χ4n) is 4.90. The minimum Gasteiger partial charge on any atom is -0.340 e. The van der Waals surface area contributed by atoms with E-state index in [4.69, 9.17) is 18.0 Å². The Labute approximate surface area is 201 Å². The van der Waals surface area contributed by atoms with Crippen LogP contribution in [-0.2, 0) is 24.3 Å². The lowest BCUT2D eigenvalue weighted by Gasteiger charge is -2.38. The molecule has 6 nitrogen and oxygen atoms in total. The third-order valence-electron chi connectivity index (χ3n) is 6.32. The zero-order valence-corrected chi connectivity index (χ0v) is 19.5. The van der Waals surface area contributed by atoms with E-state index in [-0.39, 0.29) is 18.2 Å². The zero-order valence-electron chi connectivity index (χ0n) is 18.7. The normalized spacial score (nSPS) is 21.9. The van der Waals surface area contributed by atoms with Gasteiger partial charge in [0.15, 0.2) is 0 Å². The van der Waals surface area contributed by atoms with Gasteiger partial charge in [0.25, 0.3) is 0 Å². The van der Waals surface area contributed by atoms with Crippen LogP contribution in [0.1, 0.15) is 41.8 Å². The second-order valence-electron chi connectivity index (χ2n) is 8.66. The maximum absolute atomic E-state index is 11.2. The largest absolute Gasteiger partial charge is 0.386 e. The molecule has 0 saturated carbocycles. The SMILES string of the molecule is C#C[C@H]1CN(C=O)CCN1c1nc(Cl)nc2c1CN(C1CCc3ccccc31)C2.CC(F)(F)F. The number of benzene rings is 1. The lowest BCUT2D eigenvalue weighted by atomic mass is 10.1. The summed E-state index contributed by atoms with van der Waals surface area (Å²) in [6, 6.07) is 8.87.